The fourth-order valence-corrected chi connectivity index (χ4v) is 4.45. The highest BCUT2D eigenvalue weighted by molar-refractivity contribution is 7.09. The lowest BCUT2D eigenvalue weighted by atomic mass is 9.83. The first kappa shape index (κ1) is 17.5. The van der Waals surface area contributed by atoms with E-state index in [2.05, 4.69) is 83.5 Å². The molecule has 3 heteroatoms. The first-order valence-corrected chi connectivity index (χ1v) is 10.3. The molecule has 0 unspecified atom stereocenters. The average molecular weight is 364 g/mol. The topological polar surface area (TPSA) is 21.3 Å². The lowest BCUT2D eigenvalue weighted by molar-refractivity contribution is -0.0116. The second-order valence-electron chi connectivity index (χ2n) is 6.91. The SMILES string of the molecule is c1ccc(C(c2ccccc2)[C@@H]2CC[C@H](NCc3cccs3)CO2)cc1. The Morgan fingerprint density at radius 3 is 2.12 bits per heavy atom. The number of thiophene rings is 1. The van der Waals surface area contributed by atoms with E-state index in [1.165, 1.54) is 16.0 Å². The summed E-state index contributed by atoms with van der Waals surface area (Å²) in [5, 5.41) is 5.78. The maximum absolute atomic E-state index is 6.37. The highest BCUT2D eigenvalue weighted by atomic mass is 32.1. The van der Waals surface area contributed by atoms with Gasteiger partial charge in [0.05, 0.1) is 12.7 Å². The zero-order valence-corrected chi connectivity index (χ0v) is 15.7. The van der Waals surface area contributed by atoms with Crippen molar-refractivity contribution in [3.63, 3.8) is 0 Å². The second-order valence-corrected chi connectivity index (χ2v) is 7.94. The molecule has 4 rings (SSSR count). The van der Waals surface area contributed by atoms with Gasteiger partial charge in [0, 0.05) is 23.4 Å². The van der Waals surface area contributed by atoms with Crippen molar-refractivity contribution in [3.05, 3.63) is 94.2 Å². The van der Waals surface area contributed by atoms with Crippen molar-refractivity contribution in [3.8, 4) is 0 Å². The molecule has 1 fully saturated rings. The fraction of sp³-hybridized carbons (Fsp3) is 0.304. The Morgan fingerprint density at radius 1 is 0.885 bits per heavy atom. The Balaban J connectivity index is 1.43. The first-order valence-electron chi connectivity index (χ1n) is 9.37. The van der Waals surface area contributed by atoms with Crippen LogP contribution in [-0.2, 0) is 11.3 Å². The highest BCUT2D eigenvalue weighted by Gasteiger charge is 2.30. The Bertz CT molecular complexity index is 725. The summed E-state index contributed by atoms with van der Waals surface area (Å²) < 4.78 is 6.37. The highest BCUT2D eigenvalue weighted by Crippen LogP contribution is 2.34. The number of nitrogens with one attached hydrogen (secondary N) is 1. The van der Waals surface area contributed by atoms with Gasteiger partial charge >= 0.3 is 0 Å². The molecule has 0 amide bonds. The van der Waals surface area contributed by atoms with E-state index in [1.54, 1.807) is 0 Å². The molecule has 0 spiro atoms. The van der Waals surface area contributed by atoms with E-state index in [4.69, 9.17) is 4.74 Å². The molecule has 0 bridgehead atoms. The van der Waals surface area contributed by atoms with Gasteiger partial charge in [-0.1, -0.05) is 66.7 Å². The number of ether oxygens (including phenoxy) is 1. The Morgan fingerprint density at radius 2 is 1.58 bits per heavy atom. The maximum Gasteiger partial charge on any atom is 0.0685 e. The van der Waals surface area contributed by atoms with Gasteiger partial charge < -0.3 is 10.1 Å². The zero-order chi connectivity index (χ0) is 17.6. The third-order valence-electron chi connectivity index (χ3n) is 5.15. The van der Waals surface area contributed by atoms with Crippen LogP contribution in [0.2, 0.25) is 0 Å². The van der Waals surface area contributed by atoms with Gasteiger partial charge in [-0.25, -0.2) is 0 Å². The summed E-state index contributed by atoms with van der Waals surface area (Å²) in [4.78, 5) is 1.39. The molecule has 2 aromatic carbocycles. The first-order chi connectivity index (χ1) is 12.9. The van der Waals surface area contributed by atoms with Crippen LogP contribution in [0, 0.1) is 0 Å². The molecule has 3 aromatic rings. The summed E-state index contributed by atoms with van der Waals surface area (Å²) in [6, 6.07) is 26.3. The van der Waals surface area contributed by atoms with Crippen LogP contribution in [0.5, 0.6) is 0 Å². The molecule has 1 aliphatic heterocycles. The standard InChI is InChI=1S/C23H25NOS/c1-3-8-18(9-4-1)23(19-10-5-2-6-11-19)22-14-13-20(17-25-22)24-16-21-12-7-15-26-21/h1-12,15,20,22-24H,13-14,16-17H2/t20-,22-/m0/s1. The minimum atomic E-state index is 0.236. The third-order valence-corrected chi connectivity index (χ3v) is 6.02. The van der Waals surface area contributed by atoms with E-state index in [1.807, 2.05) is 11.3 Å². The lowest BCUT2D eigenvalue weighted by Crippen LogP contribution is -2.41. The summed E-state index contributed by atoms with van der Waals surface area (Å²) in [6.45, 7) is 1.73. The smallest absolute Gasteiger partial charge is 0.0685 e. The molecule has 1 aliphatic rings. The number of hydrogen-bond donors (Lipinski definition) is 1. The van der Waals surface area contributed by atoms with Crippen LogP contribution in [0.1, 0.15) is 34.8 Å². The molecular weight excluding hydrogens is 338 g/mol. The van der Waals surface area contributed by atoms with Gasteiger partial charge in [0.2, 0.25) is 0 Å². The quantitative estimate of drug-likeness (QED) is 0.648. The van der Waals surface area contributed by atoms with Gasteiger partial charge in [-0.05, 0) is 35.4 Å². The number of benzene rings is 2. The summed E-state index contributed by atoms with van der Waals surface area (Å²) in [5.41, 5.74) is 2.68. The Hall–Kier alpha value is -1.94. The number of hydrogen-bond acceptors (Lipinski definition) is 3. The molecule has 2 nitrogen and oxygen atoms in total. The molecule has 1 aromatic heterocycles. The predicted molar refractivity (Wildman–Crippen MR) is 109 cm³/mol. The molecule has 2 heterocycles. The lowest BCUT2D eigenvalue weighted by Gasteiger charge is -2.35. The fourth-order valence-electron chi connectivity index (χ4n) is 3.80. The van der Waals surface area contributed by atoms with Crippen molar-refractivity contribution in [1.82, 2.24) is 5.32 Å². The normalized spacial score (nSPS) is 20.3. The minimum absolute atomic E-state index is 0.236. The van der Waals surface area contributed by atoms with Gasteiger partial charge in [-0.15, -0.1) is 11.3 Å². The largest absolute Gasteiger partial charge is 0.376 e. The van der Waals surface area contributed by atoms with Gasteiger partial charge in [-0.3, -0.25) is 0 Å². The van der Waals surface area contributed by atoms with E-state index >= 15 is 0 Å². The van der Waals surface area contributed by atoms with Crippen molar-refractivity contribution < 1.29 is 4.74 Å². The van der Waals surface area contributed by atoms with Crippen molar-refractivity contribution in [1.29, 1.82) is 0 Å². The van der Waals surface area contributed by atoms with Crippen molar-refractivity contribution in [2.45, 2.75) is 37.5 Å². The van der Waals surface area contributed by atoms with Gasteiger partial charge in [0.15, 0.2) is 0 Å². The van der Waals surface area contributed by atoms with Gasteiger partial charge in [0.1, 0.15) is 0 Å². The maximum atomic E-state index is 6.37. The molecule has 2 atom stereocenters. The molecule has 1 saturated heterocycles. The van der Waals surface area contributed by atoms with Crippen molar-refractivity contribution >= 4 is 11.3 Å². The Labute approximate surface area is 159 Å². The van der Waals surface area contributed by atoms with Crippen LogP contribution in [0.3, 0.4) is 0 Å². The second kappa shape index (κ2) is 8.63. The van der Waals surface area contributed by atoms with Crippen molar-refractivity contribution in [2.24, 2.45) is 0 Å². The molecule has 0 saturated carbocycles. The number of rotatable bonds is 6. The molecular formula is C23H25NOS. The molecule has 0 radical (unpaired) electrons. The summed E-state index contributed by atoms with van der Waals surface area (Å²) in [7, 11) is 0. The summed E-state index contributed by atoms with van der Waals surface area (Å²) in [5.74, 6) is 0.302. The van der Waals surface area contributed by atoms with Crippen LogP contribution < -0.4 is 5.32 Å². The average Bonchev–Trinajstić information content (AvgIpc) is 3.23. The van der Waals surface area contributed by atoms with Crippen LogP contribution in [-0.4, -0.2) is 18.8 Å². The van der Waals surface area contributed by atoms with Crippen LogP contribution in [0.4, 0.5) is 0 Å². The van der Waals surface area contributed by atoms with E-state index in [-0.39, 0.29) is 6.10 Å². The van der Waals surface area contributed by atoms with E-state index < -0.39 is 0 Å². The van der Waals surface area contributed by atoms with E-state index in [9.17, 15) is 0 Å². The zero-order valence-electron chi connectivity index (χ0n) is 14.9. The minimum Gasteiger partial charge on any atom is -0.376 e. The van der Waals surface area contributed by atoms with E-state index in [0.717, 1.165) is 26.0 Å². The molecule has 1 N–H and O–H groups in total. The van der Waals surface area contributed by atoms with Gasteiger partial charge in [-0.2, -0.15) is 0 Å². The molecule has 26 heavy (non-hydrogen) atoms. The monoisotopic (exact) mass is 363 g/mol. The van der Waals surface area contributed by atoms with Crippen LogP contribution in [0.15, 0.2) is 78.2 Å². The molecule has 0 aliphatic carbocycles. The summed E-state index contributed by atoms with van der Waals surface area (Å²) in [6.07, 6.45) is 2.47. The van der Waals surface area contributed by atoms with E-state index in [0.29, 0.717) is 12.0 Å². The van der Waals surface area contributed by atoms with Crippen LogP contribution >= 0.6 is 11.3 Å². The predicted octanol–water partition coefficient (Wildman–Crippen LogP) is 5.22. The third kappa shape index (κ3) is 4.24. The summed E-state index contributed by atoms with van der Waals surface area (Å²) >= 11 is 1.81. The Kier molecular flexibility index (Phi) is 5.80. The van der Waals surface area contributed by atoms with Gasteiger partial charge in [0.25, 0.3) is 0 Å². The molecule has 134 valence electrons. The van der Waals surface area contributed by atoms with Crippen molar-refractivity contribution in [2.75, 3.05) is 6.61 Å². The van der Waals surface area contributed by atoms with Crippen LogP contribution in [0.25, 0.3) is 0 Å².